The van der Waals surface area contributed by atoms with Gasteiger partial charge in [0.2, 0.25) is 0 Å². The smallest absolute Gasteiger partial charge is 0.331 e. The summed E-state index contributed by atoms with van der Waals surface area (Å²) in [5, 5.41) is 9.30. The van der Waals surface area contributed by atoms with E-state index in [0.717, 1.165) is 42.6 Å². The standard InChI is InChI=1S/C38H56O4S/c1-4-32(30-33(5-2)35-22-12-9-13-23-35)19-17-25-36(24-16-18-31(3)34-20-10-8-11-21-34)43-29-15-7-6-14-28-42-38(41)27-26-37(39)40/h8-13,20-23,26-27,31-33,36H,4-7,14-19,24-25,28-30H2,1-3H3,(H,39,40)/b27-26-. The lowest BCUT2D eigenvalue weighted by atomic mass is 9.83. The van der Waals surface area contributed by atoms with Gasteiger partial charge in [-0.1, -0.05) is 120 Å². The summed E-state index contributed by atoms with van der Waals surface area (Å²) in [5.74, 6) is 1.52. The number of ether oxygens (including phenoxy) is 1. The topological polar surface area (TPSA) is 63.6 Å². The fourth-order valence-electron chi connectivity index (χ4n) is 5.87. The highest BCUT2D eigenvalue weighted by Gasteiger charge is 2.17. The highest BCUT2D eigenvalue weighted by atomic mass is 32.2. The summed E-state index contributed by atoms with van der Waals surface area (Å²) in [7, 11) is 0. The first kappa shape index (κ1) is 36.7. The molecule has 0 radical (unpaired) electrons. The molecule has 0 aliphatic rings. The highest BCUT2D eigenvalue weighted by molar-refractivity contribution is 7.99. The van der Waals surface area contributed by atoms with Gasteiger partial charge in [0.1, 0.15) is 0 Å². The van der Waals surface area contributed by atoms with Gasteiger partial charge in [-0.15, -0.1) is 0 Å². The second-order valence-electron chi connectivity index (χ2n) is 11.9. The summed E-state index contributed by atoms with van der Waals surface area (Å²) in [5.41, 5.74) is 2.95. The van der Waals surface area contributed by atoms with Crippen LogP contribution in [-0.4, -0.2) is 34.7 Å². The number of carbonyl (C=O) groups excluding carboxylic acids is 1. The molecule has 0 spiro atoms. The molecule has 4 atom stereocenters. The quantitative estimate of drug-likeness (QED) is 0.0730. The molecule has 4 unspecified atom stereocenters. The van der Waals surface area contributed by atoms with Crippen LogP contribution in [0.1, 0.15) is 127 Å². The van der Waals surface area contributed by atoms with Crippen LogP contribution in [0, 0.1) is 5.92 Å². The third-order valence-corrected chi connectivity index (χ3v) is 10.1. The van der Waals surface area contributed by atoms with E-state index < -0.39 is 11.9 Å². The number of carboxylic acids is 1. The number of carbonyl (C=O) groups is 2. The minimum Gasteiger partial charge on any atom is -0.478 e. The van der Waals surface area contributed by atoms with Gasteiger partial charge in [-0.25, -0.2) is 9.59 Å². The SMILES string of the molecule is CCC(CCCC(CCCC(C)c1ccccc1)SCCCCCCOC(=O)/C=C\C(=O)O)CC(CC)c1ccccc1. The summed E-state index contributed by atoms with van der Waals surface area (Å²) in [6, 6.07) is 22.0. The maximum atomic E-state index is 11.5. The molecule has 0 heterocycles. The molecule has 0 fully saturated rings. The van der Waals surface area contributed by atoms with Gasteiger partial charge < -0.3 is 9.84 Å². The van der Waals surface area contributed by atoms with Gasteiger partial charge in [-0.2, -0.15) is 11.8 Å². The number of aliphatic carboxylic acids is 1. The van der Waals surface area contributed by atoms with E-state index in [1.165, 1.54) is 81.1 Å². The van der Waals surface area contributed by atoms with E-state index in [1.54, 1.807) is 0 Å². The fourth-order valence-corrected chi connectivity index (χ4v) is 7.24. The summed E-state index contributed by atoms with van der Waals surface area (Å²) >= 11 is 2.17. The number of esters is 1. The van der Waals surface area contributed by atoms with Crippen molar-refractivity contribution in [2.45, 2.75) is 121 Å². The molecule has 4 nitrogen and oxygen atoms in total. The Balaban J connectivity index is 1.76. The molecule has 0 aliphatic carbocycles. The molecule has 0 saturated heterocycles. The molecule has 1 N–H and O–H groups in total. The molecule has 2 aromatic rings. The number of hydrogen-bond acceptors (Lipinski definition) is 4. The second kappa shape index (κ2) is 22.9. The van der Waals surface area contributed by atoms with Crippen LogP contribution in [0.3, 0.4) is 0 Å². The van der Waals surface area contributed by atoms with Crippen molar-refractivity contribution >= 4 is 23.7 Å². The molecule has 2 rings (SSSR count). The van der Waals surface area contributed by atoms with Crippen molar-refractivity contribution in [1.82, 2.24) is 0 Å². The van der Waals surface area contributed by atoms with E-state index in [2.05, 4.69) is 93.2 Å². The second-order valence-corrected chi connectivity index (χ2v) is 13.4. The Labute approximate surface area is 266 Å². The average molecular weight is 609 g/mol. The minimum atomic E-state index is -1.14. The van der Waals surface area contributed by atoms with Crippen molar-refractivity contribution in [1.29, 1.82) is 0 Å². The van der Waals surface area contributed by atoms with Gasteiger partial charge >= 0.3 is 11.9 Å². The Morgan fingerprint density at radius 3 is 2.02 bits per heavy atom. The maximum absolute atomic E-state index is 11.5. The van der Waals surface area contributed by atoms with E-state index in [0.29, 0.717) is 18.4 Å². The normalized spacial score (nSPS) is 14.3. The zero-order chi connectivity index (χ0) is 31.1. The highest BCUT2D eigenvalue weighted by Crippen LogP contribution is 2.33. The van der Waals surface area contributed by atoms with Crippen molar-refractivity contribution in [2.75, 3.05) is 12.4 Å². The Morgan fingerprint density at radius 2 is 1.40 bits per heavy atom. The third kappa shape index (κ3) is 16.8. The summed E-state index contributed by atoms with van der Waals surface area (Å²) in [6.07, 6.45) is 17.5. The van der Waals surface area contributed by atoms with Gasteiger partial charge in [-0.3, -0.25) is 0 Å². The van der Waals surface area contributed by atoms with Crippen molar-refractivity contribution in [3.05, 3.63) is 83.9 Å². The largest absolute Gasteiger partial charge is 0.478 e. The Kier molecular flexibility index (Phi) is 19.6. The monoisotopic (exact) mass is 608 g/mol. The van der Waals surface area contributed by atoms with Crippen LogP contribution >= 0.6 is 11.8 Å². The van der Waals surface area contributed by atoms with Crippen LogP contribution in [0.2, 0.25) is 0 Å². The lowest BCUT2D eigenvalue weighted by Gasteiger charge is -2.23. The van der Waals surface area contributed by atoms with Gasteiger partial charge in [0, 0.05) is 17.4 Å². The van der Waals surface area contributed by atoms with Gasteiger partial charge in [-0.05, 0) is 79.6 Å². The van der Waals surface area contributed by atoms with E-state index in [-0.39, 0.29) is 0 Å². The van der Waals surface area contributed by atoms with Crippen molar-refractivity contribution in [3.8, 4) is 0 Å². The predicted octanol–water partition coefficient (Wildman–Crippen LogP) is 10.6. The van der Waals surface area contributed by atoms with Crippen LogP contribution in [0.4, 0.5) is 0 Å². The summed E-state index contributed by atoms with van der Waals surface area (Å²) in [4.78, 5) is 22.0. The van der Waals surface area contributed by atoms with Crippen molar-refractivity contribution in [2.24, 2.45) is 5.92 Å². The number of carboxylic acid groups (broad SMARTS) is 1. The number of thioether (sulfide) groups is 1. The van der Waals surface area contributed by atoms with Crippen LogP contribution < -0.4 is 0 Å². The third-order valence-electron chi connectivity index (χ3n) is 8.63. The minimum absolute atomic E-state index is 0.347. The molecule has 5 heteroatoms. The molecule has 43 heavy (non-hydrogen) atoms. The first-order valence-corrected chi connectivity index (χ1v) is 17.8. The van der Waals surface area contributed by atoms with Crippen LogP contribution in [-0.2, 0) is 14.3 Å². The lowest BCUT2D eigenvalue weighted by molar-refractivity contribution is -0.138. The molecule has 0 amide bonds. The zero-order valence-electron chi connectivity index (χ0n) is 26.9. The molecule has 0 aromatic heterocycles. The van der Waals surface area contributed by atoms with E-state index in [4.69, 9.17) is 9.84 Å². The maximum Gasteiger partial charge on any atom is 0.331 e. The number of hydrogen-bond donors (Lipinski definition) is 1. The van der Waals surface area contributed by atoms with E-state index in [9.17, 15) is 9.59 Å². The molecule has 2 aromatic carbocycles. The van der Waals surface area contributed by atoms with Crippen molar-refractivity contribution < 1.29 is 19.4 Å². The van der Waals surface area contributed by atoms with Gasteiger partial charge in [0.05, 0.1) is 6.61 Å². The van der Waals surface area contributed by atoms with Crippen LogP contribution in [0.15, 0.2) is 72.8 Å². The zero-order valence-corrected chi connectivity index (χ0v) is 27.7. The van der Waals surface area contributed by atoms with Gasteiger partial charge in [0.25, 0.3) is 0 Å². The van der Waals surface area contributed by atoms with E-state index >= 15 is 0 Å². The van der Waals surface area contributed by atoms with Crippen molar-refractivity contribution in [3.63, 3.8) is 0 Å². The number of rotatable bonds is 24. The molecule has 238 valence electrons. The molecular weight excluding hydrogens is 552 g/mol. The fraction of sp³-hybridized carbons (Fsp3) is 0.579. The summed E-state index contributed by atoms with van der Waals surface area (Å²) in [6.45, 7) is 7.41. The van der Waals surface area contributed by atoms with Crippen LogP contribution in [0.5, 0.6) is 0 Å². The molecule has 0 aliphatic heterocycles. The molecular formula is C38H56O4S. The van der Waals surface area contributed by atoms with Gasteiger partial charge in [0.15, 0.2) is 0 Å². The average Bonchev–Trinajstić information content (AvgIpc) is 3.03. The number of unbranched alkanes of at least 4 members (excludes halogenated alkanes) is 3. The molecule has 0 saturated carbocycles. The lowest BCUT2D eigenvalue weighted by Crippen LogP contribution is -2.10. The number of benzene rings is 2. The Morgan fingerprint density at radius 1 is 0.767 bits per heavy atom. The molecule has 0 bridgehead atoms. The first-order valence-electron chi connectivity index (χ1n) is 16.7. The van der Waals surface area contributed by atoms with Crippen LogP contribution in [0.25, 0.3) is 0 Å². The Bertz CT molecular complexity index is 1020. The van der Waals surface area contributed by atoms with E-state index in [1.807, 2.05) is 0 Å². The Hall–Kier alpha value is -2.53. The first-order chi connectivity index (χ1) is 20.9. The predicted molar refractivity (Wildman–Crippen MR) is 183 cm³/mol. The summed E-state index contributed by atoms with van der Waals surface area (Å²) < 4.78 is 5.07.